The number of hydrogen-bond acceptors (Lipinski definition) is 5. The number of aliphatic hydroxyl groups excluding tert-OH is 1. The van der Waals surface area contributed by atoms with Crippen molar-refractivity contribution in [2.75, 3.05) is 19.0 Å². The lowest BCUT2D eigenvalue weighted by molar-refractivity contribution is 0.102. The summed E-state index contributed by atoms with van der Waals surface area (Å²) < 4.78 is 12.5. The van der Waals surface area contributed by atoms with Crippen molar-refractivity contribution in [1.29, 1.82) is 0 Å². The monoisotopic (exact) mass is 552 g/mol. The van der Waals surface area contributed by atoms with E-state index in [1.165, 1.54) is 0 Å². The number of halogens is 2. The van der Waals surface area contributed by atoms with Gasteiger partial charge in [-0.1, -0.05) is 15.9 Å². The Balaban J connectivity index is 1.84. The first-order valence-electron chi connectivity index (χ1n) is 10.2. The first-order valence-corrected chi connectivity index (χ1v) is 11.8. The smallest absolute Gasteiger partial charge is 0.255 e. The maximum atomic E-state index is 13.0. The predicted molar refractivity (Wildman–Crippen MR) is 130 cm³/mol. The minimum absolute atomic E-state index is 0.181. The highest BCUT2D eigenvalue weighted by atomic mass is 79.9. The van der Waals surface area contributed by atoms with Gasteiger partial charge in [0.1, 0.15) is 0 Å². The van der Waals surface area contributed by atoms with Gasteiger partial charge in [0.25, 0.3) is 5.91 Å². The Labute approximate surface area is 199 Å². The summed E-state index contributed by atoms with van der Waals surface area (Å²) in [5, 5.41) is 12.7. The molecule has 0 saturated heterocycles. The molecular weight excluding hydrogens is 528 g/mol. The number of aliphatic hydroxyl groups is 1. The SMILES string of the molecule is CCOc1cc(C(=O)Nc2c(Br)cc(Br)cc2C=NC2CCC(O)CC2)ccc1OC. The van der Waals surface area contributed by atoms with E-state index in [0.717, 1.165) is 40.2 Å². The van der Waals surface area contributed by atoms with E-state index in [9.17, 15) is 9.90 Å². The molecule has 3 rings (SSSR count). The number of amides is 1. The van der Waals surface area contributed by atoms with E-state index in [1.807, 2.05) is 19.1 Å². The Morgan fingerprint density at radius 1 is 1.19 bits per heavy atom. The number of carbonyl (C=O) groups is 1. The van der Waals surface area contributed by atoms with Crippen LogP contribution in [-0.2, 0) is 0 Å². The Bertz CT molecular complexity index is 957. The maximum Gasteiger partial charge on any atom is 0.255 e. The van der Waals surface area contributed by atoms with E-state index in [4.69, 9.17) is 14.5 Å². The standard InChI is InChI=1S/C23H26Br2N2O4/c1-3-31-21-11-14(4-9-20(21)30-2)23(29)27-22-15(10-16(24)12-19(22)25)13-26-17-5-7-18(28)8-6-17/h4,9-13,17-18,28H,3,5-8H2,1-2H3,(H,27,29). The van der Waals surface area contributed by atoms with Crippen LogP contribution in [0.3, 0.4) is 0 Å². The molecular formula is C23H26Br2N2O4. The van der Waals surface area contributed by atoms with Crippen LogP contribution in [0.25, 0.3) is 0 Å². The van der Waals surface area contributed by atoms with Crippen molar-refractivity contribution >= 4 is 49.7 Å². The Kier molecular flexibility index (Phi) is 8.51. The predicted octanol–water partition coefficient (Wildman–Crippen LogP) is 5.59. The topological polar surface area (TPSA) is 80.2 Å². The van der Waals surface area contributed by atoms with E-state index in [-0.39, 0.29) is 18.1 Å². The highest BCUT2D eigenvalue weighted by Gasteiger charge is 2.19. The zero-order valence-electron chi connectivity index (χ0n) is 17.5. The summed E-state index contributed by atoms with van der Waals surface area (Å²) in [4.78, 5) is 17.7. The molecule has 0 radical (unpaired) electrons. The molecule has 0 aromatic heterocycles. The van der Waals surface area contributed by atoms with Crippen LogP contribution in [0.15, 0.2) is 44.3 Å². The first-order chi connectivity index (χ1) is 14.9. The summed E-state index contributed by atoms with van der Waals surface area (Å²) in [7, 11) is 1.56. The van der Waals surface area contributed by atoms with E-state index >= 15 is 0 Å². The lowest BCUT2D eigenvalue weighted by atomic mass is 9.93. The van der Waals surface area contributed by atoms with Crippen LogP contribution < -0.4 is 14.8 Å². The third kappa shape index (κ3) is 6.30. The van der Waals surface area contributed by atoms with Crippen LogP contribution in [0, 0.1) is 0 Å². The fraction of sp³-hybridized carbons (Fsp3) is 0.391. The molecule has 0 heterocycles. The highest BCUT2D eigenvalue weighted by Crippen LogP contribution is 2.32. The second-order valence-electron chi connectivity index (χ2n) is 7.35. The fourth-order valence-corrected chi connectivity index (χ4v) is 4.85. The normalized spacial score (nSPS) is 18.7. The van der Waals surface area contributed by atoms with Crippen molar-refractivity contribution < 1.29 is 19.4 Å². The molecule has 8 heteroatoms. The van der Waals surface area contributed by atoms with Gasteiger partial charge in [0, 0.05) is 26.3 Å². The van der Waals surface area contributed by atoms with Gasteiger partial charge in [0.2, 0.25) is 0 Å². The van der Waals surface area contributed by atoms with Gasteiger partial charge < -0.3 is 19.9 Å². The molecule has 1 fully saturated rings. The molecule has 1 aliphatic carbocycles. The zero-order chi connectivity index (χ0) is 22.4. The van der Waals surface area contributed by atoms with E-state index in [2.05, 4.69) is 37.2 Å². The van der Waals surface area contributed by atoms with E-state index < -0.39 is 0 Å². The Morgan fingerprint density at radius 3 is 2.61 bits per heavy atom. The highest BCUT2D eigenvalue weighted by molar-refractivity contribution is 9.11. The number of ether oxygens (including phenoxy) is 2. The molecule has 0 aliphatic heterocycles. The molecule has 1 amide bonds. The summed E-state index contributed by atoms with van der Waals surface area (Å²) in [5.41, 5.74) is 1.89. The number of hydrogen-bond donors (Lipinski definition) is 2. The van der Waals surface area contributed by atoms with Crippen molar-refractivity contribution in [1.82, 2.24) is 0 Å². The molecule has 0 unspecified atom stereocenters. The van der Waals surface area contributed by atoms with Crippen LogP contribution in [0.4, 0.5) is 5.69 Å². The molecule has 6 nitrogen and oxygen atoms in total. The van der Waals surface area contributed by atoms with Crippen LogP contribution >= 0.6 is 31.9 Å². The van der Waals surface area contributed by atoms with Crippen molar-refractivity contribution in [3.8, 4) is 11.5 Å². The number of anilines is 1. The van der Waals surface area contributed by atoms with Gasteiger partial charge >= 0.3 is 0 Å². The van der Waals surface area contributed by atoms with Gasteiger partial charge in [-0.15, -0.1) is 0 Å². The van der Waals surface area contributed by atoms with Gasteiger partial charge in [-0.3, -0.25) is 9.79 Å². The van der Waals surface area contributed by atoms with Gasteiger partial charge in [0.15, 0.2) is 11.5 Å². The summed E-state index contributed by atoms with van der Waals surface area (Å²) >= 11 is 7.06. The zero-order valence-corrected chi connectivity index (χ0v) is 20.7. The molecule has 0 bridgehead atoms. The minimum atomic E-state index is -0.262. The molecule has 1 aliphatic rings. The number of benzene rings is 2. The molecule has 0 spiro atoms. The minimum Gasteiger partial charge on any atom is -0.493 e. The lowest BCUT2D eigenvalue weighted by Gasteiger charge is -2.22. The van der Waals surface area contributed by atoms with E-state index in [0.29, 0.717) is 29.4 Å². The number of rotatable bonds is 7. The fourth-order valence-electron chi connectivity index (χ4n) is 3.49. The van der Waals surface area contributed by atoms with Crippen molar-refractivity contribution in [3.63, 3.8) is 0 Å². The van der Waals surface area contributed by atoms with Gasteiger partial charge in [-0.25, -0.2) is 0 Å². The number of nitrogens with one attached hydrogen (secondary N) is 1. The second kappa shape index (κ2) is 11.1. The van der Waals surface area contributed by atoms with Gasteiger partial charge in [0.05, 0.1) is 31.5 Å². The van der Waals surface area contributed by atoms with Crippen molar-refractivity contribution in [2.45, 2.75) is 44.8 Å². The van der Waals surface area contributed by atoms with E-state index in [1.54, 1.807) is 31.5 Å². The molecule has 2 aromatic carbocycles. The summed E-state index contributed by atoms with van der Waals surface area (Å²) in [6, 6.07) is 9.07. The maximum absolute atomic E-state index is 13.0. The van der Waals surface area contributed by atoms with Crippen LogP contribution in [-0.4, -0.2) is 43.1 Å². The molecule has 1 saturated carbocycles. The van der Waals surface area contributed by atoms with Gasteiger partial charge in [-0.2, -0.15) is 0 Å². The molecule has 166 valence electrons. The second-order valence-corrected chi connectivity index (χ2v) is 9.12. The Morgan fingerprint density at radius 2 is 1.94 bits per heavy atom. The third-order valence-electron chi connectivity index (χ3n) is 5.14. The number of carbonyl (C=O) groups excluding carboxylic acids is 1. The summed E-state index contributed by atoms with van der Waals surface area (Å²) in [6.45, 7) is 2.35. The quantitative estimate of drug-likeness (QED) is 0.438. The number of aliphatic imine (C=N–C) groups is 1. The summed E-state index contributed by atoms with van der Waals surface area (Å²) in [5.74, 6) is 0.838. The number of methoxy groups -OCH3 is 1. The number of nitrogens with zero attached hydrogens (tertiary/aromatic N) is 1. The first kappa shape index (κ1) is 23.8. The molecule has 2 N–H and O–H groups in total. The van der Waals surface area contributed by atoms with Gasteiger partial charge in [-0.05, 0) is 78.9 Å². The third-order valence-corrected chi connectivity index (χ3v) is 6.22. The largest absolute Gasteiger partial charge is 0.493 e. The van der Waals surface area contributed by atoms with Crippen LogP contribution in [0.5, 0.6) is 11.5 Å². The van der Waals surface area contributed by atoms with Crippen LogP contribution in [0.2, 0.25) is 0 Å². The Hall–Kier alpha value is -1.90. The summed E-state index contributed by atoms with van der Waals surface area (Å²) in [6.07, 6.45) is 4.85. The molecule has 2 aromatic rings. The van der Waals surface area contributed by atoms with Crippen molar-refractivity contribution in [3.05, 3.63) is 50.4 Å². The average Bonchev–Trinajstić information content (AvgIpc) is 2.75. The van der Waals surface area contributed by atoms with Crippen LogP contribution in [0.1, 0.15) is 48.5 Å². The lowest BCUT2D eigenvalue weighted by Crippen LogP contribution is -2.20. The molecule has 0 atom stereocenters. The average molecular weight is 554 g/mol. The van der Waals surface area contributed by atoms with Crippen molar-refractivity contribution in [2.24, 2.45) is 4.99 Å². The molecule has 31 heavy (non-hydrogen) atoms.